The number of carboxylic acids is 1. The highest BCUT2D eigenvalue weighted by Crippen LogP contribution is 2.18. The minimum atomic E-state index is -0.846. The average Bonchev–Trinajstić information content (AvgIpc) is 2.76. The molecule has 1 fully saturated rings. The van der Waals surface area contributed by atoms with Gasteiger partial charge in [-0.2, -0.15) is 0 Å². The summed E-state index contributed by atoms with van der Waals surface area (Å²) in [7, 11) is 0. The first-order chi connectivity index (χ1) is 8.95. The topological polar surface area (TPSA) is 78.9 Å². The highest BCUT2D eigenvalue weighted by molar-refractivity contribution is 5.76. The number of nitrogens with one attached hydrogen (secondary N) is 1. The number of ether oxygens (including phenoxy) is 1. The van der Waals surface area contributed by atoms with Crippen molar-refractivity contribution >= 4 is 12.0 Å². The van der Waals surface area contributed by atoms with Crippen molar-refractivity contribution in [2.24, 2.45) is 5.92 Å². The monoisotopic (exact) mass is 268 g/mol. The summed E-state index contributed by atoms with van der Waals surface area (Å²) >= 11 is 0. The summed E-state index contributed by atoms with van der Waals surface area (Å²) in [6.07, 6.45) is 3.87. The van der Waals surface area contributed by atoms with Gasteiger partial charge in [0.05, 0.1) is 24.2 Å². The summed E-state index contributed by atoms with van der Waals surface area (Å²) in [6, 6.07) is -0.343. The van der Waals surface area contributed by atoms with Crippen LogP contribution >= 0.6 is 0 Å². The van der Waals surface area contributed by atoms with Gasteiger partial charge in [0.1, 0.15) is 0 Å². The molecule has 1 aliphatic heterocycles. The number of nitrogens with zero attached hydrogens (tertiary/aromatic N) is 1. The Balaban J connectivity index is 1.85. The molecule has 6 nitrogen and oxygen atoms in total. The predicted octanol–water partition coefficient (Wildman–Crippen LogP) is 0.834. The van der Waals surface area contributed by atoms with Gasteiger partial charge in [0.15, 0.2) is 0 Å². The summed E-state index contributed by atoms with van der Waals surface area (Å²) in [6.45, 7) is 5.00. The molecule has 4 atom stereocenters. The van der Waals surface area contributed by atoms with Gasteiger partial charge >= 0.3 is 12.0 Å². The third-order valence-electron chi connectivity index (χ3n) is 3.42. The Kier molecular flexibility index (Phi) is 4.09. The Morgan fingerprint density at radius 1 is 1.26 bits per heavy atom. The lowest BCUT2D eigenvalue weighted by Crippen LogP contribution is -2.53. The van der Waals surface area contributed by atoms with E-state index in [2.05, 4.69) is 5.32 Å². The molecule has 0 bridgehead atoms. The molecule has 0 aromatic carbocycles. The number of hydrogen-bond acceptors (Lipinski definition) is 3. The smallest absolute Gasteiger partial charge is 0.318 e. The summed E-state index contributed by atoms with van der Waals surface area (Å²) in [5, 5.41) is 11.7. The third kappa shape index (κ3) is 3.47. The number of carboxylic acid groups (broad SMARTS) is 1. The van der Waals surface area contributed by atoms with Crippen LogP contribution in [0.1, 0.15) is 20.3 Å². The predicted molar refractivity (Wildman–Crippen MR) is 68.8 cm³/mol. The van der Waals surface area contributed by atoms with E-state index in [1.165, 1.54) is 0 Å². The van der Waals surface area contributed by atoms with Crippen molar-refractivity contribution in [1.82, 2.24) is 10.2 Å². The molecule has 1 heterocycles. The zero-order valence-corrected chi connectivity index (χ0v) is 11.2. The van der Waals surface area contributed by atoms with E-state index in [1.807, 2.05) is 13.8 Å². The van der Waals surface area contributed by atoms with Crippen molar-refractivity contribution in [3.8, 4) is 0 Å². The molecule has 1 aliphatic carbocycles. The largest absolute Gasteiger partial charge is 0.481 e. The zero-order chi connectivity index (χ0) is 14.0. The molecule has 19 heavy (non-hydrogen) atoms. The molecule has 0 radical (unpaired) electrons. The average molecular weight is 268 g/mol. The molecule has 0 spiro atoms. The van der Waals surface area contributed by atoms with Crippen LogP contribution in [-0.4, -0.2) is 53.3 Å². The Hall–Kier alpha value is -1.56. The van der Waals surface area contributed by atoms with E-state index >= 15 is 0 Å². The summed E-state index contributed by atoms with van der Waals surface area (Å²) in [5.41, 5.74) is 0. The van der Waals surface area contributed by atoms with Gasteiger partial charge in [-0.05, 0) is 20.3 Å². The number of carbonyl (C=O) groups excluding carboxylic acids is 1. The van der Waals surface area contributed by atoms with Crippen LogP contribution < -0.4 is 5.32 Å². The van der Waals surface area contributed by atoms with E-state index in [0.29, 0.717) is 19.5 Å². The number of aliphatic carboxylic acids is 1. The fraction of sp³-hybridized carbons (Fsp3) is 0.692. The number of carbonyl (C=O) groups is 2. The Morgan fingerprint density at radius 2 is 1.89 bits per heavy atom. The second kappa shape index (κ2) is 5.61. The molecule has 106 valence electrons. The molecule has 0 saturated carbocycles. The number of amides is 2. The molecule has 0 aromatic heterocycles. The summed E-state index contributed by atoms with van der Waals surface area (Å²) in [5.74, 6) is -1.34. The van der Waals surface area contributed by atoms with Gasteiger partial charge < -0.3 is 20.1 Å². The van der Waals surface area contributed by atoms with Crippen LogP contribution in [0.4, 0.5) is 4.79 Å². The van der Waals surface area contributed by atoms with Gasteiger partial charge in [0, 0.05) is 13.1 Å². The molecule has 4 unspecified atom stereocenters. The summed E-state index contributed by atoms with van der Waals surface area (Å²) in [4.78, 5) is 24.7. The summed E-state index contributed by atoms with van der Waals surface area (Å²) < 4.78 is 5.57. The normalized spacial score (nSPS) is 34.3. The lowest BCUT2D eigenvalue weighted by Gasteiger charge is -2.35. The van der Waals surface area contributed by atoms with Crippen molar-refractivity contribution in [1.29, 1.82) is 0 Å². The minimum Gasteiger partial charge on any atom is -0.481 e. The molecular weight excluding hydrogens is 248 g/mol. The van der Waals surface area contributed by atoms with Gasteiger partial charge in [-0.3, -0.25) is 4.79 Å². The van der Waals surface area contributed by atoms with Crippen LogP contribution in [0.2, 0.25) is 0 Å². The van der Waals surface area contributed by atoms with E-state index in [-0.39, 0.29) is 24.3 Å². The van der Waals surface area contributed by atoms with Crippen LogP contribution in [0.3, 0.4) is 0 Å². The SMILES string of the molecule is CC1CN(C(=O)NC2C=CC(C(=O)O)C2)CC(C)O1. The maximum atomic E-state index is 12.1. The van der Waals surface area contributed by atoms with Crippen molar-refractivity contribution in [2.75, 3.05) is 13.1 Å². The Morgan fingerprint density at radius 3 is 2.42 bits per heavy atom. The Labute approximate surface area is 112 Å². The lowest BCUT2D eigenvalue weighted by atomic mass is 10.1. The van der Waals surface area contributed by atoms with Crippen LogP contribution in [0.25, 0.3) is 0 Å². The van der Waals surface area contributed by atoms with E-state index in [9.17, 15) is 9.59 Å². The van der Waals surface area contributed by atoms with Crippen LogP contribution in [0.15, 0.2) is 12.2 Å². The van der Waals surface area contributed by atoms with Crippen LogP contribution in [-0.2, 0) is 9.53 Å². The van der Waals surface area contributed by atoms with Crippen molar-refractivity contribution in [3.05, 3.63) is 12.2 Å². The molecule has 2 amide bonds. The van der Waals surface area contributed by atoms with Gasteiger partial charge in [-0.1, -0.05) is 12.2 Å². The fourth-order valence-corrected chi connectivity index (χ4v) is 2.58. The zero-order valence-electron chi connectivity index (χ0n) is 11.2. The second-order valence-electron chi connectivity index (χ2n) is 5.28. The number of hydrogen-bond donors (Lipinski definition) is 2. The van der Waals surface area contributed by atoms with Crippen LogP contribution in [0.5, 0.6) is 0 Å². The van der Waals surface area contributed by atoms with E-state index in [1.54, 1.807) is 17.1 Å². The molecule has 2 rings (SSSR count). The lowest BCUT2D eigenvalue weighted by molar-refractivity contribution is -0.140. The molecule has 0 aromatic rings. The standard InChI is InChI=1S/C13H20N2O4/c1-8-6-15(7-9(2)19-8)13(18)14-11-4-3-10(5-11)12(16)17/h3-4,8-11H,5-7H2,1-2H3,(H,14,18)(H,16,17). The molecule has 2 aliphatic rings. The number of rotatable bonds is 2. The van der Waals surface area contributed by atoms with Gasteiger partial charge in [0.2, 0.25) is 0 Å². The highest BCUT2D eigenvalue weighted by Gasteiger charge is 2.29. The molecule has 2 N–H and O–H groups in total. The van der Waals surface area contributed by atoms with E-state index < -0.39 is 11.9 Å². The number of urea groups is 1. The second-order valence-corrected chi connectivity index (χ2v) is 5.28. The fourth-order valence-electron chi connectivity index (χ4n) is 2.58. The highest BCUT2D eigenvalue weighted by atomic mass is 16.5. The maximum Gasteiger partial charge on any atom is 0.318 e. The van der Waals surface area contributed by atoms with Crippen LogP contribution in [0, 0.1) is 5.92 Å². The van der Waals surface area contributed by atoms with Gasteiger partial charge in [-0.15, -0.1) is 0 Å². The minimum absolute atomic E-state index is 0.0281. The third-order valence-corrected chi connectivity index (χ3v) is 3.42. The van der Waals surface area contributed by atoms with Crippen molar-refractivity contribution in [2.45, 2.75) is 38.5 Å². The van der Waals surface area contributed by atoms with Crippen molar-refractivity contribution in [3.63, 3.8) is 0 Å². The first-order valence-corrected chi connectivity index (χ1v) is 6.57. The quantitative estimate of drug-likeness (QED) is 0.727. The molecular formula is C13H20N2O4. The van der Waals surface area contributed by atoms with E-state index in [0.717, 1.165) is 0 Å². The molecule has 6 heteroatoms. The molecule has 1 saturated heterocycles. The van der Waals surface area contributed by atoms with Gasteiger partial charge in [-0.25, -0.2) is 4.79 Å². The van der Waals surface area contributed by atoms with E-state index in [4.69, 9.17) is 9.84 Å². The first-order valence-electron chi connectivity index (χ1n) is 6.57. The number of morpholine rings is 1. The maximum absolute atomic E-state index is 12.1. The Bertz CT molecular complexity index is 386. The van der Waals surface area contributed by atoms with Crippen molar-refractivity contribution < 1.29 is 19.4 Å². The van der Waals surface area contributed by atoms with Gasteiger partial charge in [0.25, 0.3) is 0 Å². The first kappa shape index (κ1) is 13.9.